The van der Waals surface area contributed by atoms with Crippen LogP contribution in [0, 0.1) is 23.7 Å². The molecule has 122 valence electrons. The summed E-state index contributed by atoms with van der Waals surface area (Å²) in [6.45, 7) is -0.236. The van der Waals surface area contributed by atoms with Crippen molar-refractivity contribution in [1.82, 2.24) is 4.31 Å². The highest BCUT2D eigenvalue weighted by Gasteiger charge is 2.38. The van der Waals surface area contributed by atoms with Gasteiger partial charge in [-0.2, -0.15) is 9.57 Å². The molecule has 0 aromatic heterocycles. The lowest BCUT2D eigenvalue weighted by Crippen LogP contribution is -2.41. The minimum atomic E-state index is -4.01. The molecular weight excluding hydrogens is 360 g/mol. The van der Waals surface area contributed by atoms with Crippen molar-refractivity contribution >= 4 is 31.5 Å². The molecule has 1 aromatic rings. The Morgan fingerprint density at radius 3 is 2.61 bits per heavy atom. The van der Waals surface area contributed by atoms with Crippen molar-refractivity contribution in [3.8, 4) is 18.4 Å². The summed E-state index contributed by atoms with van der Waals surface area (Å²) in [5.74, 6) is 1.93. The number of terminal acetylenes is 1. The van der Waals surface area contributed by atoms with E-state index in [4.69, 9.17) is 23.3 Å². The van der Waals surface area contributed by atoms with Crippen LogP contribution in [-0.4, -0.2) is 45.2 Å². The Kier molecular flexibility index (Phi) is 5.02. The highest BCUT2D eigenvalue weighted by Crippen LogP contribution is 2.27. The van der Waals surface area contributed by atoms with Crippen molar-refractivity contribution in [3.05, 3.63) is 28.8 Å². The SMILES string of the molecule is C#CCN(C1CCS(=O)(=O)C1)S(=O)(=O)c1ccc(C#N)c(Cl)c1. The lowest BCUT2D eigenvalue weighted by atomic mass is 10.2. The van der Waals surface area contributed by atoms with Gasteiger partial charge in [0.2, 0.25) is 10.0 Å². The number of sulfone groups is 1. The van der Waals surface area contributed by atoms with Crippen molar-refractivity contribution in [1.29, 1.82) is 5.26 Å². The van der Waals surface area contributed by atoms with Crippen molar-refractivity contribution < 1.29 is 16.8 Å². The first-order valence-electron chi connectivity index (χ1n) is 6.56. The summed E-state index contributed by atoms with van der Waals surface area (Å²) in [5, 5.41) is 8.86. The molecule has 2 rings (SSSR count). The van der Waals surface area contributed by atoms with Crippen LogP contribution in [0.25, 0.3) is 0 Å². The van der Waals surface area contributed by atoms with E-state index in [2.05, 4.69) is 5.92 Å². The molecule has 1 heterocycles. The summed E-state index contributed by atoms with van der Waals surface area (Å²) in [4.78, 5) is -0.124. The van der Waals surface area contributed by atoms with Gasteiger partial charge in [0.1, 0.15) is 6.07 Å². The number of hydrogen-bond acceptors (Lipinski definition) is 5. The fourth-order valence-electron chi connectivity index (χ4n) is 2.39. The molecule has 9 heteroatoms. The highest BCUT2D eigenvalue weighted by atomic mass is 35.5. The van der Waals surface area contributed by atoms with Gasteiger partial charge in [0.05, 0.1) is 33.5 Å². The summed E-state index contributed by atoms with van der Waals surface area (Å²) < 4.78 is 49.8. The van der Waals surface area contributed by atoms with Crippen LogP contribution in [0.4, 0.5) is 0 Å². The van der Waals surface area contributed by atoms with Gasteiger partial charge in [-0.3, -0.25) is 0 Å². The largest absolute Gasteiger partial charge is 0.244 e. The first-order valence-corrected chi connectivity index (χ1v) is 10.2. The van der Waals surface area contributed by atoms with Crippen molar-refractivity contribution in [2.45, 2.75) is 17.4 Å². The fourth-order valence-corrected chi connectivity index (χ4v) is 6.09. The molecular formula is C14H13ClN2O4S2. The van der Waals surface area contributed by atoms with E-state index in [1.165, 1.54) is 18.2 Å². The van der Waals surface area contributed by atoms with E-state index in [0.717, 1.165) is 4.31 Å². The summed E-state index contributed by atoms with van der Waals surface area (Å²) in [7, 11) is -7.28. The first-order chi connectivity index (χ1) is 10.7. The number of nitrogens with zero attached hydrogens (tertiary/aromatic N) is 2. The number of benzene rings is 1. The highest BCUT2D eigenvalue weighted by molar-refractivity contribution is 7.92. The molecule has 1 unspecified atom stereocenters. The summed E-state index contributed by atoms with van der Waals surface area (Å²) in [6.07, 6.45) is 5.44. The predicted molar refractivity (Wildman–Crippen MR) is 86.0 cm³/mol. The first kappa shape index (κ1) is 17.8. The fraction of sp³-hybridized carbons (Fsp3) is 0.357. The molecule has 1 fully saturated rings. The minimum Gasteiger partial charge on any atom is -0.229 e. The van der Waals surface area contributed by atoms with Crippen LogP contribution in [0.2, 0.25) is 5.02 Å². The molecule has 0 radical (unpaired) electrons. The smallest absolute Gasteiger partial charge is 0.229 e. The maximum absolute atomic E-state index is 12.8. The van der Waals surface area contributed by atoms with E-state index in [1.54, 1.807) is 0 Å². The van der Waals surface area contributed by atoms with Crippen LogP contribution < -0.4 is 0 Å². The summed E-state index contributed by atoms with van der Waals surface area (Å²) in [6, 6.07) is 4.87. The van der Waals surface area contributed by atoms with E-state index in [9.17, 15) is 16.8 Å². The van der Waals surface area contributed by atoms with Gasteiger partial charge in [-0.05, 0) is 24.6 Å². The zero-order chi connectivity index (χ0) is 17.3. The average Bonchev–Trinajstić information content (AvgIpc) is 2.84. The Morgan fingerprint density at radius 2 is 2.13 bits per heavy atom. The number of hydrogen-bond donors (Lipinski definition) is 0. The zero-order valence-electron chi connectivity index (χ0n) is 11.9. The van der Waals surface area contributed by atoms with Gasteiger partial charge in [-0.25, -0.2) is 16.8 Å². The zero-order valence-corrected chi connectivity index (χ0v) is 14.3. The summed E-state index contributed by atoms with van der Waals surface area (Å²) >= 11 is 5.88. The van der Waals surface area contributed by atoms with Crippen LogP contribution >= 0.6 is 11.6 Å². The van der Waals surface area contributed by atoms with Crippen molar-refractivity contribution in [2.75, 3.05) is 18.1 Å². The minimum absolute atomic E-state index is 0.00766. The van der Waals surface area contributed by atoms with Crippen LogP contribution in [0.1, 0.15) is 12.0 Å². The predicted octanol–water partition coefficient (Wildman–Crippen LogP) is 1.02. The average molecular weight is 373 g/mol. The molecule has 1 aliphatic heterocycles. The van der Waals surface area contributed by atoms with Crippen LogP contribution in [0.5, 0.6) is 0 Å². The molecule has 0 aliphatic carbocycles. The van der Waals surface area contributed by atoms with E-state index in [-0.39, 0.29) is 40.0 Å². The van der Waals surface area contributed by atoms with E-state index >= 15 is 0 Å². The lowest BCUT2D eigenvalue weighted by molar-refractivity contribution is 0.371. The van der Waals surface area contributed by atoms with Gasteiger partial charge in [-0.1, -0.05) is 17.5 Å². The molecule has 0 amide bonds. The normalized spacial score (nSPS) is 20.1. The second kappa shape index (κ2) is 6.50. The second-order valence-corrected chi connectivity index (χ2v) is 9.59. The molecule has 6 nitrogen and oxygen atoms in total. The molecule has 0 saturated carbocycles. The number of rotatable bonds is 4. The van der Waals surface area contributed by atoms with Gasteiger partial charge in [0.15, 0.2) is 9.84 Å². The van der Waals surface area contributed by atoms with E-state index in [1.807, 2.05) is 6.07 Å². The van der Waals surface area contributed by atoms with Gasteiger partial charge in [-0.15, -0.1) is 6.42 Å². The number of nitriles is 1. The molecule has 1 aromatic carbocycles. The monoisotopic (exact) mass is 372 g/mol. The van der Waals surface area contributed by atoms with Crippen molar-refractivity contribution in [3.63, 3.8) is 0 Å². The van der Waals surface area contributed by atoms with Crippen molar-refractivity contribution in [2.24, 2.45) is 0 Å². The Balaban J connectivity index is 2.44. The molecule has 1 saturated heterocycles. The Labute approximate surface area is 140 Å². The van der Waals surface area contributed by atoms with Gasteiger partial charge in [0.25, 0.3) is 0 Å². The topological polar surface area (TPSA) is 95.3 Å². The Morgan fingerprint density at radius 1 is 1.43 bits per heavy atom. The molecule has 0 bridgehead atoms. The van der Waals surface area contributed by atoms with Crippen LogP contribution in [0.15, 0.2) is 23.1 Å². The van der Waals surface area contributed by atoms with Crippen LogP contribution in [0.3, 0.4) is 0 Å². The molecule has 23 heavy (non-hydrogen) atoms. The Bertz CT molecular complexity index is 911. The molecule has 1 atom stereocenters. The van der Waals surface area contributed by atoms with Crippen LogP contribution in [-0.2, 0) is 19.9 Å². The Hall–Kier alpha value is -1.58. The van der Waals surface area contributed by atoms with Gasteiger partial charge >= 0.3 is 0 Å². The quantitative estimate of drug-likeness (QED) is 0.735. The maximum Gasteiger partial charge on any atom is 0.244 e. The summed E-state index contributed by atoms with van der Waals surface area (Å²) in [5.41, 5.74) is 0.151. The third kappa shape index (κ3) is 3.67. The lowest BCUT2D eigenvalue weighted by Gasteiger charge is -2.25. The van der Waals surface area contributed by atoms with E-state index in [0.29, 0.717) is 0 Å². The molecule has 0 N–H and O–H groups in total. The number of halogens is 1. The molecule has 1 aliphatic rings. The van der Waals surface area contributed by atoms with E-state index < -0.39 is 25.9 Å². The maximum atomic E-state index is 12.8. The standard InChI is InChI=1S/C14H13ClN2O4S2/c1-2-6-17(12-5-7-22(18,19)10-12)23(20,21)13-4-3-11(9-16)14(15)8-13/h1,3-4,8,12H,5-7,10H2. The third-order valence-corrected chi connectivity index (χ3v) is 7.49. The molecule has 0 spiro atoms. The second-order valence-electron chi connectivity index (χ2n) is 5.06. The van der Waals surface area contributed by atoms with Gasteiger partial charge in [0, 0.05) is 6.04 Å². The number of sulfonamides is 1. The third-order valence-electron chi connectivity index (χ3n) is 3.53. The van der Waals surface area contributed by atoms with Gasteiger partial charge < -0.3 is 0 Å².